The van der Waals surface area contributed by atoms with Gasteiger partial charge in [-0.3, -0.25) is 0 Å². The van der Waals surface area contributed by atoms with E-state index in [2.05, 4.69) is 0 Å². The van der Waals surface area contributed by atoms with Gasteiger partial charge in [-0.1, -0.05) is 35.3 Å². The molecular formula is C14H8Cl2FNO. The molecule has 2 rings (SSSR count). The first-order valence-electron chi connectivity index (χ1n) is 5.37. The summed E-state index contributed by atoms with van der Waals surface area (Å²) in [6.07, 6.45) is 0. The standard InChI is InChI=1S/C14H8Cl2FNO/c15-11-6-9(7-18)4-5-13(11)19-8-10-2-1-3-12(17)14(10)16/h1-6H,8H2. The van der Waals surface area contributed by atoms with Crippen molar-refractivity contribution in [3.8, 4) is 11.8 Å². The minimum Gasteiger partial charge on any atom is -0.487 e. The Hall–Kier alpha value is -1.76. The Balaban J connectivity index is 2.15. The molecule has 5 heteroatoms. The largest absolute Gasteiger partial charge is 0.487 e. The van der Waals surface area contributed by atoms with Crippen LogP contribution in [0.3, 0.4) is 0 Å². The maximum Gasteiger partial charge on any atom is 0.142 e. The van der Waals surface area contributed by atoms with Crippen molar-refractivity contribution in [1.82, 2.24) is 0 Å². The molecular weight excluding hydrogens is 288 g/mol. The van der Waals surface area contributed by atoms with E-state index in [1.54, 1.807) is 24.3 Å². The SMILES string of the molecule is N#Cc1ccc(OCc2cccc(F)c2Cl)c(Cl)c1. The number of hydrogen-bond acceptors (Lipinski definition) is 2. The lowest BCUT2D eigenvalue weighted by atomic mass is 10.2. The van der Waals surface area contributed by atoms with E-state index in [9.17, 15) is 4.39 Å². The van der Waals surface area contributed by atoms with Crippen LogP contribution in [0.25, 0.3) is 0 Å². The van der Waals surface area contributed by atoms with Gasteiger partial charge in [0, 0.05) is 5.56 Å². The third kappa shape index (κ3) is 3.17. The van der Waals surface area contributed by atoms with E-state index in [0.29, 0.717) is 21.9 Å². The van der Waals surface area contributed by atoms with E-state index < -0.39 is 5.82 Å². The highest BCUT2D eigenvalue weighted by Gasteiger charge is 2.08. The van der Waals surface area contributed by atoms with Crippen molar-refractivity contribution in [2.75, 3.05) is 0 Å². The first-order valence-corrected chi connectivity index (χ1v) is 6.12. The molecule has 2 aromatic rings. The summed E-state index contributed by atoms with van der Waals surface area (Å²) in [6.45, 7) is 0.0994. The minimum atomic E-state index is -0.492. The molecule has 0 heterocycles. The second-order valence-corrected chi connectivity index (χ2v) is 4.54. The monoisotopic (exact) mass is 295 g/mol. The fraction of sp³-hybridized carbons (Fsp3) is 0.0714. The number of nitrogens with zero attached hydrogens (tertiary/aromatic N) is 1. The first-order chi connectivity index (χ1) is 9.11. The van der Waals surface area contributed by atoms with Gasteiger partial charge in [-0.2, -0.15) is 5.26 Å². The van der Waals surface area contributed by atoms with Gasteiger partial charge in [0.1, 0.15) is 18.2 Å². The molecule has 0 aliphatic carbocycles. The summed E-state index contributed by atoms with van der Waals surface area (Å²) in [5.74, 6) is -0.0744. The molecule has 0 aliphatic heterocycles. The van der Waals surface area contributed by atoms with Crippen molar-refractivity contribution in [3.05, 3.63) is 63.4 Å². The summed E-state index contributed by atoms with van der Waals surface area (Å²) in [4.78, 5) is 0. The Labute approximate surface area is 119 Å². The summed E-state index contributed by atoms with van der Waals surface area (Å²) in [5.41, 5.74) is 0.975. The van der Waals surface area contributed by atoms with Gasteiger partial charge in [-0.25, -0.2) is 4.39 Å². The molecule has 0 saturated carbocycles. The molecule has 0 unspecified atom stereocenters. The topological polar surface area (TPSA) is 33.0 Å². The van der Waals surface area contributed by atoms with E-state index in [-0.39, 0.29) is 11.6 Å². The normalized spacial score (nSPS) is 10.0. The highest BCUT2D eigenvalue weighted by Crippen LogP contribution is 2.27. The molecule has 0 saturated heterocycles. The zero-order chi connectivity index (χ0) is 13.8. The van der Waals surface area contributed by atoms with Crippen LogP contribution >= 0.6 is 23.2 Å². The first kappa shape index (κ1) is 13.7. The number of rotatable bonds is 3. The lowest BCUT2D eigenvalue weighted by Crippen LogP contribution is -1.98. The quantitative estimate of drug-likeness (QED) is 0.830. The zero-order valence-electron chi connectivity index (χ0n) is 9.66. The second kappa shape index (κ2) is 5.92. The lowest BCUT2D eigenvalue weighted by molar-refractivity contribution is 0.306. The smallest absolute Gasteiger partial charge is 0.142 e. The van der Waals surface area contributed by atoms with Crippen LogP contribution in [-0.4, -0.2) is 0 Å². The average molecular weight is 296 g/mol. The van der Waals surface area contributed by atoms with Crippen LogP contribution in [0.1, 0.15) is 11.1 Å². The van der Waals surface area contributed by atoms with E-state index >= 15 is 0 Å². The molecule has 0 fully saturated rings. The third-order valence-electron chi connectivity index (χ3n) is 2.48. The summed E-state index contributed by atoms with van der Waals surface area (Å²) in [6, 6.07) is 11.2. The van der Waals surface area contributed by atoms with E-state index in [0.717, 1.165) is 0 Å². The Morgan fingerprint density at radius 1 is 1.21 bits per heavy atom. The zero-order valence-corrected chi connectivity index (χ0v) is 11.2. The van der Waals surface area contributed by atoms with Crippen LogP contribution < -0.4 is 4.74 Å². The number of halogens is 3. The van der Waals surface area contributed by atoms with Gasteiger partial charge in [-0.15, -0.1) is 0 Å². The van der Waals surface area contributed by atoms with Crippen molar-refractivity contribution < 1.29 is 9.13 Å². The van der Waals surface area contributed by atoms with Crippen molar-refractivity contribution in [1.29, 1.82) is 5.26 Å². The van der Waals surface area contributed by atoms with Crippen molar-refractivity contribution in [3.63, 3.8) is 0 Å². The van der Waals surface area contributed by atoms with Crippen molar-refractivity contribution >= 4 is 23.2 Å². The number of ether oxygens (including phenoxy) is 1. The van der Waals surface area contributed by atoms with Crippen molar-refractivity contribution in [2.45, 2.75) is 6.61 Å². The van der Waals surface area contributed by atoms with Gasteiger partial charge in [-0.05, 0) is 24.3 Å². The van der Waals surface area contributed by atoms with Gasteiger partial charge in [0.25, 0.3) is 0 Å². The molecule has 0 N–H and O–H groups in total. The van der Waals surface area contributed by atoms with Gasteiger partial charge >= 0.3 is 0 Å². The van der Waals surface area contributed by atoms with Crippen LogP contribution in [0.5, 0.6) is 5.75 Å². The maximum absolute atomic E-state index is 13.2. The molecule has 19 heavy (non-hydrogen) atoms. The summed E-state index contributed by atoms with van der Waals surface area (Å²) >= 11 is 11.8. The van der Waals surface area contributed by atoms with E-state index in [1.807, 2.05) is 6.07 Å². The predicted octanol–water partition coefficient (Wildman–Crippen LogP) is 4.58. The summed E-state index contributed by atoms with van der Waals surface area (Å²) in [7, 11) is 0. The van der Waals surface area contributed by atoms with Crippen LogP contribution in [0, 0.1) is 17.1 Å². The third-order valence-corrected chi connectivity index (χ3v) is 3.19. The molecule has 0 aliphatic rings. The minimum absolute atomic E-state index is 0.0345. The van der Waals surface area contributed by atoms with Crippen LogP contribution in [0.15, 0.2) is 36.4 Å². The second-order valence-electron chi connectivity index (χ2n) is 3.76. The fourth-order valence-corrected chi connectivity index (χ4v) is 1.92. The van der Waals surface area contributed by atoms with Crippen LogP contribution in [0.4, 0.5) is 4.39 Å². The number of hydrogen-bond donors (Lipinski definition) is 0. The highest BCUT2D eigenvalue weighted by molar-refractivity contribution is 6.32. The van der Waals surface area contributed by atoms with Gasteiger partial charge in [0.05, 0.1) is 21.7 Å². The Morgan fingerprint density at radius 3 is 2.68 bits per heavy atom. The average Bonchev–Trinajstić information content (AvgIpc) is 2.41. The fourth-order valence-electron chi connectivity index (χ4n) is 1.50. The predicted molar refractivity (Wildman–Crippen MR) is 71.9 cm³/mol. The van der Waals surface area contributed by atoms with Gasteiger partial charge in [0.2, 0.25) is 0 Å². The molecule has 0 aromatic heterocycles. The molecule has 0 bridgehead atoms. The Bertz CT molecular complexity index is 652. The van der Waals surface area contributed by atoms with E-state index in [4.69, 9.17) is 33.2 Å². The number of benzene rings is 2. The molecule has 2 aromatic carbocycles. The number of nitriles is 1. The maximum atomic E-state index is 13.2. The van der Waals surface area contributed by atoms with E-state index in [1.165, 1.54) is 12.1 Å². The van der Waals surface area contributed by atoms with Crippen LogP contribution in [0.2, 0.25) is 10.0 Å². The molecule has 0 radical (unpaired) electrons. The molecule has 0 atom stereocenters. The highest BCUT2D eigenvalue weighted by atomic mass is 35.5. The lowest BCUT2D eigenvalue weighted by Gasteiger charge is -2.09. The van der Waals surface area contributed by atoms with Gasteiger partial charge in [0.15, 0.2) is 0 Å². The molecule has 96 valence electrons. The van der Waals surface area contributed by atoms with Crippen molar-refractivity contribution in [2.24, 2.45) is 0 Å². The Morgan fingerprint density at radius 2 is 2.00 bits per heavy atom. The molecule has 0 amide bonds. The van der Waals surface area contributed by atoms with Gasteiger partial charge < -0.3 is 4.74 Å². The molecule has 0 spiro atoms. The summed E-state index contributed by atoms with van der Waals surface area (Å²) < 4.78 is 18.7. The van der Waals surface area contributed by atoms with Crippen LogP contribution in [-0.2, 0) is 6.61 Å². The summed E-state index contributed by atoms with van der Waals surface area (Å²) in [5, 5.41) is 9.08. The Kier molecular flexibility index (Phi) is 4.26. The molecule has 2 nitrogen and oxygen atoms in total.